The topological polar surface area (TPSA) is 129 Å². The van der Waals surface area contributed by atoms with Gasteiger partial charge in [0.15, 0.2) is 6.04 Å². The van der Waals surface area contributed by atoms with E-state index in [2.05, 4.69) is 5.32 Å². The van der Waals surface area contributed by atoms with E-state index in [1.165, 1.54) is 0 Å². The van der Waals surface area contributed by atoms with Crippen molar-refractivity contribution < 1.29 is 19.7 Å². The number of aryl methyl sites for hydroxylation is 2. The number of anilines is 1. The number of nitrogens with one attached hydrogen (secondary N) is 2. The highest BCUT2D eigenvalue weighted by Gasteiger charge is 2.26. The number of nitrogen functional groups attached to an aromatic ring is 1. The van der Waals surface area contributed by atoms with Crippen LogP contribution in [0.15, 0.2) is 36.4 Å². The van der Waals surface area contributed by atoms with Crippen LogP contribution in [0.2, 0.25) is 0 Å². The van der Waals surface area contributed by atoms with Crippen molar-refractivity contribution in [1.29, 1.82) is 5.41 Å². The minimum Gasteiger partial charge on any atom is -0.491 e. The number of carboxylic acid groups (broad SMARTS) is 1. The van der Waals surface area contributed by atoms with Crippen molar-refractivity contribution in [2.24, 2.45) is 5.73 Å². The first-order valence-electron chi connectivity index (χ1n) is 9.18. The van der Waals surface area contributed by atoms with Crippen LogP contribution in [0, 0.1) is 12.3 Å². The zero-order valence-corrected chi connectivity index (χ0v) is 16.2. The van der Waals surface area contributed by atoms with Crippen molar-refractivity contribution in [3.8, 4) is 5.75 Å². The van der Waals surface area contributed by atoms with Crippen molar-refractivity contribution in [2.75, 3.05) is 18.5 Å². The molecule has 7 heteroatoms. The van der Waals surface area contributed by atoms with E-state index < -0.39 is 12.0 Å². The normalized spacial score (nSPS) is 11.7. The fourth-order valence-electron chi connectivity index (χ4n) is 3.06. The van der Waals surface area contributed by atoms with E-state index in [4.69, 9.17) is 21.0 Å². The van der Waals surface area contributed by atoms with Crippen molar-refractivity contribution >= 4 is 17.5 Å². The molecule has 0 aliphatic carbocycles. The molecule has 150 valence electrons. The number of carbonyl (C=O) groups is 1. The van der Waals surface area contributed by atoms with Crippen molar-refractivity contribution in [2.45, 2.75) is 32.7 Å². The van der Waals surface area contributed by atoms with Gasteiger partial charge in [-0.15, -0.1) is 0 Å². The molecule has 0 fully saturated rings. The first-order chi connectivity index (χ1) is 13.4. The molecule has 2 aromatic rings. The Hall–Kier alpha value is -3.06. The summed E-state index contributed by atoms with van der Waals surface area (Å²) in [5.74, 6) is -0.594. The van der Waals surface area contributed by atoms with Gasteiger partial charge in [-0.05, 0) is 49.2 Å². The van der Waals surface area contributed by atoms with Crippen LogP contribution >= 0.6 is 0 Å². The van der Waals surface area contributed by atoms with E-state index in [-0.39, 0.29) is 19.0 Å². The van der Waals surface area contributed by atoms with Gasteiger partial charge >= 0.3 is 5.97 Å². The third-order valence-corrected chi connectivity index (χ3v) is 4.26. The molecule has 2 aromatic carbocycles. The van der Waals surface area contributed by atoms with E-state index in [1.807, 2.05) is 19.9 Å². The second kappa shape index (κ2) is 9.75. The molecule has 1 unspecified atom stereocenters. The highest BCUT2D eigenvalue weighted by atomic mass is 16.5. The monoisotopic (exact) mass is 385 g/mol. The second-order valence-corrected chi connectivity index (χ2v) is 6.57. The largest absolute Gasteiger partial charge is 0.491 e. The lowest BCUT2D eigenvalue weighted by Crippen LogP contribution is -2.22. The number of benzene rings is 2. The summed E-state index contributed by atoms with van der Waals surface area (Å²) in [5.41, 5.74) is 8.99. The summed E-state index contributed by atoms with van der Waals surface area (Å²) < 4.78 is 5.75. The standard InChI is InChI=1S/C21H27N3O4/c1-3-4-15-11-13(2)12-17(19(15)28-10-9-25)18(21(26)27)24-16-7-5-14(6-8-16)20(22)23/h5-8,11-12,18,24-25H,3-4,9-10H2,1-2H3,(H3,22,23)(H,26,27). The predicted molar refractivity (Wildman–Crippen MR) is 109 cm³/mol. The predicted octanol–water partition coefficient (Wildman–Crippen LogP) is 2.84. The van der Waals surface area contributed by atoms with E-state index in [0.717, 1.165) is 24.0 Å². The van der Waals surface area contributed by atoms with Crippen molar-refractivity contribution in [1.82, 2.24) is 0 Å². The molecule has 0 bridgehead atoms. The summed E-state index contributed by atoms with van der Waals surface area (Å²) in [6.07, 6.45) is 1.63. The lowest BCUT2D eigenvalue weighted by Gasteiger charge is -2.22. The molecule has 0 spiro atoms. The Morgan fingerprint density at radius 3 is 2.50 bits per heavy atom. The van der Waals surface area contributed by atoms with Gasteiger partial charge in [0.2, 0.25) is 0 Å². The van der Waals surface area contributed by atoms with Crippen LogP contribution < -0.4 is 15.8 Å². The molecule has 0 heterocycles. The Kier molecular flexibility index (Phi) is 7.40. The maximum absolute atomic E-state index is 12.1. The number of nitrogens with two attached hydrogens (primary N) is 1. The van der Waals surface area contributed by atoms with Gasteiger partial charge in [0, 0.05) is 16.8 Å². The molecule has 0 saturated carbocycles. The lowest BCUT2D eigenvalue weighted by molar-refractivity contribution is -0.138. The van der Waals surface area contributed by atoms with Crippen LogP contribution in [-0.2, 0) is 11.2 Å². The summed E-state index contributed by atoms with van der Waals surface area (Å²) in [5, 5.41) is 29.5. The number of amidine groups is 1. The van der Waals surface area contributed by atoms with Gasteiger partial charge in [0.05, 0.1) is 6.61 Å². The summed E-state index contributed by atoms with van der Waals surface area (Å²) in [6.45, 7) is 3.89. The Morgan fingerprint density at radius 1 is 1.29 bits per heavy atom. The molecule has 6 N–H and O–H groups in total. The molecule has 2 rings (SSSR count). The number of carboxylic acids is 1. The number of hydrogen-bond acceptors (Lipinski definition) is 5. The quantitative estimate of drug-likeness (QED) is 0.316. The van der Waals surface area contributed by atoms with Gasteiger partial charge in [-0.1, -0.05) is 25.0 Å². The minimum absolute atomic E-state index is 0.0519. The average Bonchev–Trinajstić information content (AvgIpc) is 2.65. The number of rotatable bonds is 10. The van der Waals surface area contributed by atoms with Crippen molar-refractivity contribution in [3.05, 3.63) is 58.7 Å². The molecular weight excluding hydrogens is 358 g/mol. The molecular formula is C21H27N3O4. The van der Waals surface area contributed by atoms with Crippen LogP contribution in [0.3, 0.4) is 0 Å². The van der Waals surface area contributed by atoms with E-state index in [0.29, 0.717) is 22.6 Å². The second-order valence-electron chi connectivity index (χ2n) is 6.57. The molecule has 7 nitrogen and oxygen atoms in total. The van der Waals surface area contributed by atoms with E-state index in [9.17, 15) is 9.90 Å². The lowest BCUT2D eigenvalue weighted by atomic mass is 9.96. The molecule has 1 atom stereocenters. The molecule has 0 radical (unpaired) electrons. The minimum atomic E-state index is -1.04. The van der Waals surface area contributed by atoms with Crippen LogP contribution in [0.25, 0.3) is 0 Å². The van der Waals surface area contributed by atoms with Gasteiger partial charge in [-0.25, -0.2) is 4.79 Å². The summed E-state index contributed by atoms with van der Waals surface area (Å²) in [7, 11) is 0. The summed E-state index contributed by atoms with van der Waals surface area (Å²) in [4.78, 5) is 12.1. The number of ether oxygens (including phenoxy) is 1. The molecule has 0 amide bonds. The smallest absolute Gasteiger partial charge is 0.330 e. The van der Waals surface area contributed by atoms with Gasteiger partial charge in [-0.3, -0.25) is 5.41 Å². The van der Waals surface area contributed by atoms with Gasteiger partial charge < -0.3 is 26.0 Å². The van der Waals surface area contributed by atoms with Gasteiger partial charge in [0.25, 0.3) is 0 Å². The third kappa shape index (κ3) is 5.23. The fourth-order valence-corrected chi connectivity index (χ4v) is 3.06. The zero-order valence-electron chi connectivity index (χ0n) is 16.2. The van der Waals surface area contributed by atoms with Crippen molar-refractivity contribution in [3.63, 3.8) is 0 Å². The van der Waals surface area contributed by atoms with Crippen LogP contribution in [0.4, 0.5) is 5.69 Å². The first kappa shape index (κ1) is 21.2. The number of aliphatic hydroxyl groups is 1. The number of aliphatic carboxylic acids is 1. The maximum atomic E-state index is 12.1. The fraction of sp³-hybridized carbons (Fsp3) is 0.333. The maximum Gasteiger partial charge on any atom is 0.330 e. The molecule has 0 aromatic heterocycles. The molecule has 0 saturated heterocycles. The van der Waals surface area contributed by atoms with Gasteiger partial charge in [-0.2, -0.15) is 0 Å². The molecule has 0 aliphatic heterocycles. The highest BCUT2D eigenvalue weighted by Crippen LogP contribution is 2.34. The molecule has 28 heavy (non-hydrogen) atoms. The van der Waals surface area contributed by atoms with Crippen LogP contribution in [0.1, 0.15) is 41.6 Å². The van der Waals surface area contributed by atoms with E-state index in [1.54, 1.807) is 30.3 Å². The number of hydrogen-bond donors (Lipinski definition) is 5. The highest BCUT2D eigenvalue weighted by molar-refractivity contribution is 5.95. The first-order valence-corrected chi connectivity index (χ1v) is 9.18. The Balaban J connectivity index is 2.46. The van der Waals surface area contributed by atoms with Crippen LogP contribution in [0.5, 0.6) is 5.75 Å². The Labute approximate surface area is 164 Å². The average molecular weight is 385 g/mol. The third-order valence-electron chi connectivity index (χ3n) is 4.26. The summed E-state index contributed by atoms with van der Waals surface area (Å²) >= 11 is 0. The Bertz CT molecular complexity index is 834. The van der Waals surface area contributed by atoms with Crippen LogP contribution in [-0.4, -0.2) is 35.2 Å². The molecule has 0 aliphatic rings. The summed E-state index contributed by atoms with van der Waals surface area (Å²) in [6, 6.07) is 9.43. The number of aliphatic hydroxyl groups excluding tert-OH is 1. The SMILES string of the molecule is CCCc1cc(C)cc(C(Nc2ccc(C(=N)N)cc2)C(=O)O)c1OCCO. The zero-order chi connectivity index (χ0) is 20.7. The van der Waals surface area contributed by atoms with E-state index >= 15 is 0 Å². The Morgan fingerprint density at radius 2 is 1.96 bits per heavy atom. The van der Waals surface area contributed by atoms with Gasteiger partial charge in [0.1, 0.15) is 18.2 Å².